The van der Waals surface area contributed by atoms with Crippen molar-refractivity contribution in [3.63, 3.8) is 0 Å². The van der Waals surface area contributed by atoms with Crippen LogP contribution in [-0.4, -0.2) is 25.5 Å². The van der Waals surface area contributed by atoms with Gasteiger partial charge >= 0.3 is 0 Å². The van der Waals surface area contributed by atoms with Crippen LogP contribution in [-0.2, 0) is 4.79 Å². The maximum absolute atomic E-state index is 12.0. The van der Waals surface area contributed by atoms with Gasteiger partial charge in [-0.15, -0.1) is 12.4 Å². The Hall–Kier alpha value is -0.280. The summed E-state index contributed by atoms with van der Waals surface area (Å²) in [5, 5.41) is 6.36. The molecule has 2 unspecified atom stereocenters. The average molecular weight is 247 g/mol. The number of carbonyl (C=O) groups excluding carboxylic acids is 1. The Morgan fingerprint density at radius 3 is 2.50 bits per heavy atom. The number of carbonyl (C=O) groups is 1. The van der Waals surface area contributed by atoms with Crippen LogP contribution in [0.2, 0.25) is 0 Å². The fourth-order valence-corrected chi connectivity index (χ4v) is 2.36. The van der Waals surface area contributed by atoms with E-state index in [2.05, 4.69) is 31.4 Å². The van der Waals surface area contributed by atoms with Gasteiger partial charge in [-0.3, -0.25) is 4.79 Å². The summed E-state index contributed by atoms with van der Waals surface area (Å²) in [7, 11) is 0. The van der Waals surface area contributed by atoms with E-state index in [0.29, 0.717) is 11.3 Å². The van der Waals surface area contributed by atoms with Gasteiger partial charge in [-0.1, -0.05) is 13.8 Å². The Morgan fingerprint density at radius 2 is 2.06 bits per heavy atom. The van der Waals surface area contributed by atoms with Gasteiger partial charge in [0.25, 0.3) is 0 Å². The molecule has 1 saturated heterocycles. The Labute approximate surface area is 104 Å². The zero-order valence-electron chi connectivity index (χ0n) is 10.4. The van der Waals surface area contributed by atoms with Crippen molar-refractivity contribution >= 4 is 18.3 Å². The van der Waals surface area contributed by atoms with E-state index in [1.807, 2.05) is 0 Å². The van der Waals surface area contributed by atoms with E-state index in [-0.39, 0.29) is 23.7 Å². The van der Waals surface area contributed by atoms with Gasteiger partial charge in [0.05, 0.1) is 5.41 Å². The minimum atomic E-state index is -0.168. The number of hydrogen-bond donors (Lipinski definition) is 2. The fourth-order valence-electron chi connectivity index (χ4n) is 2.36. The lowest BCUT2D eigenvalue weighted by Crippen LogP contribution is -2.41. The number of nitrogens with one attached hydrogen (secondary N) is 2. The lowest BCUT2D eigenvalue weighted by atomic mass is 9.89. The highest BCUT2D eigenvalue weighted by atomic mass is 35.5. The average Bonchev–Trinajstić information content (AvgIpc) is 2.60. The maximum atomic E-state index is 12.0. The summed E-state index contributed by atoms with van der Waals surface area (Å²) in [5.41, 5.74) is 0.293. The van der Waals surface area contributed by atoms with Crippen LogP contribution in [0.1, 0.15) is 33.6 Å². The lowest BCUT2D eigenvalue weighted by Gasteiger charge is -2.21. The Morgan fingerprint density at radius 1 is 1.44 bits per heavy atom. The molecule has 2 rings (SSSR count). The first-order chi connectivity index (χ1) is 6.94. The topological polar surface area (TPSA) is 41.1 Å². The molecule has 94 valence electrons. The van der Waals surface area contributed by atoms with Gasteiger partial charge in [0.2, 0.25) is 5.91 Å². The highest BCUT2D eigenvalue weighted by Crippen LogP contribution is 2.51. The first-order valence-electron chi connectivity index (χ1n) is 5.93. The lowest BCUT2D eigenvalue weighted by molar-refractivity contribution is -0.129. The molecule has 1 amide bonds. The van der Waals surface area contributed by atoms with E-state index in [4.69, 9.17) is 0 Å². The van der Waals surface area contributed by atoms with Crippen molar-refractivity contribution < 1.29 is 4.79 Å². The summed E-state index contributed by atoms with van der Waals surface area (Å²) < 4.78 is 0. The van der Waals surface area contributed by atoms with E-state index in [9.17, 15) is 4.79 Å². The largest absolute Gasteiger partial charge is 0.355 e. The molecule has 1 aliphatic carbocycles. The summed E-state index contributed by atoms with van der Waals surface area (Å²) >= 11 is 0. The monoisotopic (exact) mass is 246 g/mol. The van der Waals surface area contributed by atoms with E-state index >= 15 is 0 Å². The first kappa shape index (κ1) is 13.8. The second-order valence-electron chi connectivity index (χ2n) is 6.09. The molecule has 1 saturated carbocycles. The molecule has 2 aliphatic rings. The Balaban J connectivity index is 0.00000128. The molecule has 4 heteroatoms. The quantitative estimate of drug-likeness (QED) is 0.794. The molecule has 0 aromatic rings. The van der Waals surface area contributed by atoms with Gasteiger partial charge in [0.15, 0.2) is 0 Å². The van der Waals surface area contributed by atoms with Crippen LogP contribution in [0.15, 0.2) is 0 Å². The van der Waals surface area contributed by atoms with Gasteiger partial charge in [0.1, 0.15) is 0 Å². The molecule has 0 radical (unpaired) electrons. The third-order valence-corrected chi connectivity index (χ3v) is 4.14. The zero-order chi connectivity index (χ0) is 11.1. The van der Waals surface area contributed by atoms with Crippen LogP contribution < -0.4 is 10.6 Å². The van der Waals surface area contributed by atoms with Crippen LogP contribution in [0.4, 0.5) is 0 Å². The molecule has 1 heterocycles. The van der Waals surface area contributed by atoms with Crippen molar-refractivity contribution in [2.45, 2.75) is 33.6 Å². The molecule has 0 spiro atoms. The third-order valence-electron chi connectivity index (χ3n) is 4.14. The molecule has 1 aliphatic heterocycles. The smallest absolute Gasteiger partial charge is 0.227 e. The zero-order valence-corrected chi connectivity index (χ0v) is 11.2. The fraction of sp³-hybridized carbons (Fsp3) is 0.917. The summed E-state index contributed by atoms with van der Waals surface area (Å²) in [6.45, 7) is 9.25. The van der Waals surface area contributed by atoms with Crippen molar-refractivity contribution in [2.75, 3.05) is 19.6 Å². The Bertz CT molecular complexity index is 272. The summed E-state index contributed by atoms with van der Waals surface area (Å²) in [5.74, 6) is 0.926. The molecule has 2 fully saturated rings. The van der Waals surface area contributed by atoms with Crippen molar-refractivity contribution in [1.29, 1.82) is 0 Å². The van der Waals surface area contributed by atoms with E-state index in [1.165, 1.54) is 6.42 Å². The summed E-state index contributed by atoms with van der Waals surface area (Å²) in [6, 6.07) is 0. The second-order valence-corrected chi connectivity index (χ2v) is 6.09. The molecule has 3 nitrogen and oxygen atoms in total. The number of rotatable bonds is 3. The maximum Gasteiger partial charge on any atom is 0.227 e. The van der Waals surface area contributed by atoms with E-state index < -0.39 is 0 Å². The van der Waals surface area contributed by atoms with E-state index in [0.717, 1.165) is 26.1 Å². The normalized spacial score (nSPS) is 35.3. The molecule has 0 aromatic carbocycles. The van der Waals surface area contributed by atoms with E-state index in [1.54, 1.807) is 0 Å². The van der Waals surface area contributed by atoms with Gasteiger partial charge in [-0.2, -0.15) is 0 Å². The number of amides is 1. The van der Waals surface area contributed by atoms with Crippen molar-refractivity contribution in [3.05, 3.63) is 0 Å². The third kappa shape index (κ3) is 2.69. The minimum absolute atomic E-state index is 0. The Kier molecular flexibility index (Phi) is 3.91. The van der Waals surface area contributed by atoms with Gasteiger partial charge in [-0.05, 0) is 37.6 Å². The molecule has 2 N–H and O–H groups in total. The van der Waals surface area contributed by atoms with Crippen LogP contribution in [0.3, 0.4) is 0 Å². The highest BCUT2D eigenvalue weighted by molar-refractivity contribution is 5.85. The van der Waals surface area contributed by atoms with Gasteiger partial charge in [-0.25, -0.2) is 0 Å². The predicted molar refractivity (Wildman–Crippen MR) is 67.7 cm³/mol. The van der Waals surface area contributed by atoms with Crippen molar-refractivity contribution in [2.24, 2.45) is 16.7 Å². The first-order valence-corrected chi connectivity index (χ1v) is 5.93. The molecule has 0 bridgehead atoms. The van der Waals surface area contributed by atoms with Crippen LogP contribution in [0.25, 0.3) is 0 Å². The number of hydrogen-bond acceptors (Lipinski definition) is 2. The summed E-state index contributed by atoms with van der Waals surface area (Å²) in [4.78, 5) is 12.0. The highest BCUT2D eigenvalue weighted by Gasteiger charge is 2.46. The van der Waals surface area contributed by atoms with Crippen LogP contribution in [0, 0.1) is 16.7 Å². The van der Waals surface area contributed by atoms with Crippen molar-refractivity contribution in [1.82, 2.24) is 10.6 Å². The van der Waals surface area contributed by atoms with Crippen LogP contribution in [0.5, 0.6) is 0 Å². The molecule has 0 aromatic heterocycles. The van der Waals surface area contributed by atoms with Crippen LogP contribution >= 0.6 is 12.4 Å². The SMILES string of the molecule is CC1(C(=O)NCC2CC2(C)C)CCNC1.Cl. The molecular weight excluding hydrogens is 224 g/mol. The predicted octanol–water partition coefficient (Wildman–Crippen LogP) is 1.57. The van der Waals surface area contributed by atoms with Gasteiger partial charge in [0, 0.05) is 13.1 Å². The molecular formula is C12H23ClN2O. The minimum Gasteiger partial charge on any atom is -0.355 e. The second kappa shape index (κ2) is 4.53. The standard InChI is InChI=1S/C12H22N2O.ClH/c1-11(2)6-9(11)7-14-10(15)12(3)4-5-13-8-12;/h9,13H,4-8H2,1-3H3,(H,14,15);1H. The molecule has 2 atom stereocenters. The van der Waals surface area contributed by atoms with Crippen molar-refractivity contribution in [3.8, 4) is 0 Å². The number of halogens is 1. The van der Waals surface area contributed by atoms with Gasteiger partial charge < -0.3 is 10.6 Å². The summed E-state index contributed by atoms with van der Waals surface area (Å²) in [6.07, 6.45) is 2.22. The molecule has 16 heavy (non-hydrogen) atoms.